The molecule has 0 heterocycles. The molecule has 0 saturated heterocycles. The molecule has 6 nitrogen and oxygen atoms in total. The number of carbonyl (C=O) groups is 1. The lowest BCUT2D eigenvalue weighted by atomic mass is 10.1. The summed E-state index contributed by atoms with van der Waals surface area (Å²) in [6, 6.07) is 16.5. The molecule has 0 aliphatic rings. The van der Waals surface area contributed by atoms with Crippen molar-refractivity contribution >= 4 is 43.2 Å². The van der Waals surface area contributed by atoms with E-state index in [-0.39, 0.29) is 16.4 Å². The number of hydrogen-bond acceptors (Lipinski definition) is 4. The van der Waals surface area contributed by atoms with Crippen molar-refractivity contribution in [3.8, 4) is 5.75 Å². The topological polar surface area (TPSA) is 84.5 Å². The van der Waals surface area contributed by atoms with Crippen LogP contribution in [0, 0.1) is 13.8 Å². The van der Waals surface area contributed by atoms with Gasteiger partial charge in [0.2, 0.25) is 0 Å². The highest BCUT2D eigenvalue weighted by molar-refractivity contribution is 9.10. The summed E-state index contributed by atoms with van der Waals surface area (Å²) in [7, 11) is -2.33. The van der Waals surface area contributed by atoms with Crippen LogP contribution < -0.4 is 14.8 Å². The maximum Gasteiger partial charge on any atom is 0.261 e. The lowest BCUT2D eigenvalue weighted by Gasteiger charge is -2.13. The van der Waals surface area contributed by atoms with Gasteiger partial charge in [0, 0.05) is 21.4 Å². The smallest absolute Gasteiger partial charge is 0.261 e. The second kappa shape index (κ2) is 8.89. The molecule has 0 aliphatic heterocycles. The van der Waals surface area contributed by atoms with Crippen LogP contribution in [0.4, 0.5) is 11.4 Å². The summed E-state index contributed by atoms with van der Waals surface area (Å²) in [6.45, 7) is 3.64. The normalized spacial score (nSPS) is 11.1. The second-order valence-electron chi connectivity index (χ2n) is 6.72. The number of methoxy groups -OCH3 is 1. The minimum atomic E-state index is -3.87. The van der Waals surface area contributed by atoms with Crippen LogP contribution in [0.3, 0.4) is 0 Å². The van der Waals surface area contributed by atoms with Gasteiger partial charge < -0.3 is 10.1 Å². The van der Waals surface area contributed by atoms with Gasteiger partial charge in [0.15, 0.2) is 0 Å². The molecule has 156 valence electrons. The molecule has 0 radical (unpaired) electrons. The van der Waals surface area contributed by atoms with E-state index in [1.807, 2.05) is 19.1 Å². The molecular weight excluding hydrogens is 468 g/mol. The first-order valence-electron chi connectivity index (χ1n) is 9.04. The van der Waals surface area contributed by atoms with E-state index in [9.17, 15) is 13.2 Å². The van der Waals surface area contributed by atoms with Crippen molar-refractivity contribution in [1.29, 1.82) is 0 Å². The molecule has 3 aromatic rings. The Morgan fingerprint density at radius 2 is 1.63 bits per heavy atom. The van der Waals surface area contributed by atoms with Gasteiger partial charge in [-0.05, 0) is 79.6 Å². The zero-order valence-electron chi connectivity index (χ0n) is 16.7. The quantitative estimate of drug-likeness (QED) is 0.503. The van der Waals surface area contributed by atoms with Gasteiger partial charge in [0.25, 0.3) is 15.9 Å². The van der Waals surface area contributed by atoms with Crippen molar-refractivity contribution in [2.75, 3.05) is 17.1 Å². The molecule has 0 aliphatic carbocycles. The predicted octanol–water partition coefficient (Wildman–Crippen LogP) is 5.13. The number of sulfonamides is 1. The number of hydrogen-bond donors (Lipinski definition) is 2. The van der Waals surface area contributed by atoms with Gasteiger partial charge in [-0.1, -0.05) is 22.0 Å². The molecule has 2 N–H and O–H groups in total. The summed E-state index contributed by atoms with van der Waals surface area (Å²) in [5, 5.41) is 2.85. The molecule has 0 saturated carbocycles. The van der Waals surface area contributed by atoms with Crippen molar-refractivity contribution in [3.63, 3.8) is 0 Å². The number of ether oxygens (including phenoxy) is 1. The average molecular weight is 489 g/mol. The number of benzene rings is 3. The number of amides is 1. The van der Waals surface area contributed by atoms with E-state index in [2.05, 4.69) is 26.0 Å². The zero-order valence-corrected chi connectivity index (χ0v) is 19.1. The highest BCUT2D eigenvalue weighted by Gasteiger charge is 2.19. The van der Waals surface area contributed by atoms with Gasteiger partial charge in [-0.25, -0.2) is 8.42 Å². The molecule has 0 bridgehead atoms. The molecule has 3 aromatic carbocycles. The van der Waals surface area contributed by atoms with E-state index >= 15 is 0 Å². The summed E-state index contributed by atoms with van der Waals surface area (Å²) in [5.74, 6) is 0.245. The van der Waals surface area contributed by atoms with E-state index in [0.29, 0.717) is 22.7 Å². The summed E-state index contributed by atoms with van der Waals surface area (Å²) < 4.78 is 34.1. The Hall–Kier alpha value is -2.84. The highest BCUT2D eigenvalue weighted by atomic mass is 79.9. The third kappa shape index (κ3) is 5.01. The molecule has 8 heteroatoms. The lowest BCUT2D eigenvalue weighted by molar-refractivity contribution is 0.102. The number of nitrogens with one attached hydrogen (secondary N) is 2. The molecule has 0 fully saturated rings. The third-order valence-electron chi connectivity index (χ3n) is 4.54. The van der Waals surface area contributed by atoms with E-state index in [0.717, 1.165) is 10.0 Å². The number of halogens is 1. The maximum absolute atomic E-state index is 12.8. The Kier molecular flexibility index (Phi) is 6.48. The zero-order chi connectivity index (χ0) is 21.9. The first-order chi connectivity index (χ1) is 14.2. The van der Waals surface area contributed by atoms with Crippen LogP contribution in [-0.2, 0) is 10.0 Å². The fourth-order valence-corrected chi connectivity index (χ4v) is 4.40. The molecule has 0 unspecified atom stereocenters. The van der Waals surface area contributed by atoms with Crippen LogP contribution in [0.25, 0.3) is 0 Å². The van der Waals surface area contributed by atoms with Crippen molar-refractivity contribution in [3.05, 3.63) is 81.8 Å². The fourth-order valence-electron chi connectivity index (χ4n) is 2.84. The summed E-state index contributed by atoms with van der Waals surface area (Å²) in [5.41, 5.74) is 2.90. The number of carbonyl (C=O) groups excluding carboxylic acids is 1. The van der Waals surface area contributed by atoms with E-state index < -0.39 is 10.0 Å². The summed E-state index contributed by atoms with van der Waals surface area (Å²) >= 11 is 3.39. The highest BCUT2D eigenvalue weighted by Crippen LogP contribution is 2.24. The Morgan fingerprint density at radius 3 is 2.27 bits per heavy atom. The van der Waals surface area contributed by atoms with E-state index in [1.165, 1.54) is 19.2 Å². The van der Waals surface area contributed by atoms with Crippen LogP contribution >= 0.6 is 15.9 Å². The van der Waals surface area contributed by atoms with Gasteiger partial charge >= 0.3 is 0 Å². The molecular formula is C22H21BrN2O4S. The Balaban J connectivity index is 1.86. The average Bonchev–Trinajstić information content (AvgIpc) is 2.70. The summed E-state index contributed by atoms with van der Waals surface area (Å²) in [4.78, 5) is 12.8. The van der Waals surface area contributed by atoms with Crippen LogP contribution in [0.5, 0.6) is 5.75 Å². The summed E-state index contributed by atoms with van der Waals surface area (Å²) in [6.07, 6.45) is 0. The van der Waals surface area contributed by atoms with Gasteiger partial charge in [0.1, 0.15) is 5.75 Å². The van der Waals surface area contributed by atoms with Crippen LogP contribution in [0.1, 0.15) is 21.5 Å². The van der Waals surface area contributed by atoms with Crippen LogP contribution in [-0.4, -0.2) is 21.4 Å². The molecule has 1 amide bonds. The van der Waals surface area contributed by atoms with E-state index in [1.54, 1.807) is 43.3 Å². The fraction of sp³-hybridized carbons (Fsp3) is 0.136. The van der Waals surface area contributed by atoms with Crippen LogP contribution in [0.2, 0.25) is 0 Å². The molecule has 30 heavy (non-hydrogen) atoms. The largest absolute Gasteiger partial charge is 0.497 e. The van der Waals surface area contributed by atoms with Crippen molar-refractivity contribution in [1.82, 2.24) is 0 Å². The molecule has 0 spiro atoms. The molecule has 0 atom stereocenters. The van der Waals surface area contributed by atoms with Crippen molar-refractivity contribution < 1.29 is 17.9 Å². The predicted molar refractivity (Wildman–Crippen MR) is 122 cm³/mol. The lowest BCUT2D eigenvalue weighted by Crippen LogP contribution is -2.17. The monoisotopic (exact) mass is 488 g/mol. The van der Waals surface area contributed by atoms with Crippen LogP contribution in [0.15, 0.2) is 70.0 Å². The minimum Gasteiger partial charge on any atom is -0.497 e. The number of rotatable bonds is 6. The molecule has 0 aromatic heterocycles. The van der Waals surface area contributed by atoms with Gasteiger partial charge in [-0.3, -0.25) is 9.52 Å². The Labute approximate surface area is 184 Å². The number of aryl methyl sites for hydroxylation is 2. The van der Waals surface area contributed by atoms with Gasteiger partial charge in [-0.2, -0.15) is 0 Å². The number of anilines is 2. The second-order valence-corrected chi connectivity index (χ2v) is 9.32. The van der Waals surface area contributed by atoms with Crippen molar-refractivity contribution in [2.24, 2.45) is 0 Å². The van der Waals surface area contributed by atoms with Gasteiger partial charge in [-0.15, -0.1) is 0 Å². The van der Waals surface area contributed by atoms with Gasteiger partial charge in [0.05, 0.1) is 12.0 Å². The Bertz CT molecular complexity index is 1190. The van der Waals surface area contributed by atoms with E-state index in [4.69, 9.17) is 4.74 Å². The standard InChI is InChI=1S/C22H21BrN2O4S/c1-14-4-10-19(30(27,28)25-17-6-8-18(29-3)9-7-17)13-20(14)22(26)24-21-11-5-16(23)12-15(21)2/h4-13,25H,1-3H3,(H,24,26). The van der Waals surface area contributed by atoms with Crippen molar-refractivity contribution in [2.45, 2.75) is 18.7 Å². The maximum atomic E-state index is 12.8. The minimum absolute atomic E-state index is 0.00148. The molecule has 3 rings (SSSR count). The Morgan fingerprint density at radius 1 is 0.933 bits per heavy atom. The first kappa shape index (κ1) is 21.9. The third-order valence-corrected chi connectivity index (χ3v) is 6.42. The first-order valence-corrected chi connectivity index (χ1v) is 11.3. The SMILES string of the molecule is COc1ccc(NS(=O)(=O)c2ccc(C)c(C(=O)Nc3ccc(Br)cc3C)c2)cc1.